The van der Waals surface area contributed by atoms with Crippen LogP contribution >= 0.6 is 0 Å². The van der Waals surface area contributed by atoms with E-state index in [1.54, 1.807) is 23.1 Å². The maximum Gasteiger partial charge on any atom is 0.254 e. The second-order valence-corrected chi connectivity index (χ2v) is 7.86. The van der Waals surface area contributed by atoms with Gasteiger partial charge in [-0.3, -0.25) is 14.6 Å². The summed E-state index contributed by atoms with van der Waals surface area (Å²) in [5.41, 5.74) is 0.878. The Hall–Kier alpha value is -2.22. The van der Waals surface area contributed by atoms with E-state index in [-0.39, 0.29) is 5.91 Å². The Morgan fingerprint density at radius 2 is 2.00 bits per heavy atom. The minimum atomic E-state index is -3.70. The molecule has 0 N–H and O–H groups in total. The maximum atomic E-state index is 12.8. The van der Waals surface area contributed by atoms with Crippen molar-refractivity contribution >= 4 is 21.8 Å². The lowest BCUT2D eigenvalue weighted by Gasteiger charge is -2.27. The highest BCUT2D eigenvalue weighted by molar-refractivity contribution is 7.89. The van der Waals surface area contributed by atoms with E-state index in [0.29, 0.717) is 24.2 Å². The standard InChI is InChI=1S/C16H19N3O4S/c1-3-4-12-14-13(19(16(12)21)24(2,22)23)7-10-18(14)15(20)11-5-8-17-9-6-11/h5-9,12,14H,3-4,10H2,1-2H3/t12-,14-/m1/s1. The van der Waals surface area contributed by atoms with Crippen molar-refractivity contribution in [2.24, 2.45) is 5.92 Å². The zero-order chi connectivity index (χ0) is 17.5. The first-order valence-electron chi connectivity index (χ1n) is 7.81. The molecule has 0 bridgehead atoms. The fourth-order valence-corrected chi connectivity index (χ4v) is 4.47. The van der Waals surface area contributed by atoms with Crippen LogP contribution < -0.4 is 0 Å². The lowest BCUT2D eigenvalue weighted by molar-refractivity contribution is -0.127. The Morgan fingerprint density at radius 3 is 2.58 bits per heavy atom. The van der Waals surface area contributed by atoms with Gasteiger partial charge in [0.15, 0.2) is 0 Å². The Labute approximate surface area is 141 Å². The van der Waals surface area contributed by atoms with Crippen molar-refractivity contribution in [3.63, 3.8) is 0 Å². The van der Waals surface area contributed by atoms with Gasteiger partial charge in [0.1, 0.15) is 0 Å². The highest BCUT2D eigenvalue weighted by atomic mass is 32.2. The molecule has 3 rings (SSSR count). The molecule has 0 aromatic carbocycles. The Morgan fingerprint density at radius 1 is 1.33 bits per heavy atom. The zero-order valence-electron chi connectivity index (χ0n) is 13.5. The second-order valence-electron chi connectivity index (χ2n) is 6.03. The predicted molar refractivity (Wildman–Crippen MR) is 87.2 cm³/mol. The molecule has 3 heterocycles. The molecule has 8 heteroatoms. The summed E-state index contributed by atoms with van der Waals surface area (Å²) in [6, 6.07) is 2.70. The molecular formula is C16H19N3O4S. The number of rotatable bonds is 4. The normalized spacial score (nSPS) is 23.4. The van der Waals surface area contributed by atoms with Crippen molar-refractivity contribution in [1.29, 1.82) is 0 Å². The van der Waals surface area contributed by atoms with Crippen LogP contribution in [-0.4, -0.2) is 53.3 Å². The molecule has 1 aromatic heterocycles. The summed E-state index contributed by atoms with van der Waals surface area (Å²) in [5, 5.41) is 0. The summed E-state index contributed by atoms with van der Waals surface area (Å²) in [4.78, 5) is 30.9. The number of aromatic nitrogens is 1. The number of hydrogen-bond donors (Lipinski definition) is 0. The number of amides is 2. The third-order valence-corrected chi connectivity index (χ3v) is 5.44. The van der Waals surface area contributed by atoms with Gasteiger partial charge in [0, 0.05) is 24.5 Å². The fraction of sp³-hybridized carbons (Fsp3) is 0.438. The molecule has 2 aliphatic heterocycles. The molecule has 0 radical (unpaired) electrons. The van der Waals surface area contributed by atoms with Crippen molar-refractivity contribution < 1.29 is 18.0 Å². The largest absolute Gasteiger partial charge is 0.325 e. The van der Waals surface area contributed by atoms with E-state index in [1.807, 2.05) is 6.92 Å². The van der Waals surface area contributed by atoms with Crippen molar-refractivity contribution in [3.05, 3.63) is 41.9 Å². The first-order valence-corrected chi connectivity index (χ1v) is 9.66. The van der Waals surface area contributed by atoms with E-state index in [1.165, 1.54) is 12.4 Å². The van der Waals surface area contributed by atoms with E-state index < -0.39 is 27.9 Å². The van der Waals surface area contributed by atoms with Crippen LogP contribution in [0.3, 0.4) is 0 Å². The van der Waals surface area contributed by atoms with Crippen LogP contribution in [0.2, 0.25) is 0 Å². The van der Waals surface area contributed by atoms with Crippen molar-refractivity contribution in [3.8, 4) is 0 Å². The molecule has 1 fully saturated rings. The lowest BCUT2D eigenvalue weighted by Crippen LogP contribution is -2.41. The van der Waals surface area contributed by atoms with Gasteiger partial charge >= 0.3 is 0 Å². The third kappa shape index (κ3) is 2.60. The zero-order valence-corrected chi connectivity index (χ0v) is 14.4. The van der Waals surface area contributed by atoms with Gasteiger partial charge in [-0.15, -0.1) is 0 Å². The summed E-state index contributed by atoms with van der Waals surface area (Å²) in [6.07, 6.45) is 7.01. The average Bonchev–Trinajstić information content (AvgIpc) is 3.06. The van der Waals surface area contributed by atoms with Gasteiger partial charge in [-0.2, -0.15) is 0 Å². The number of nitrogens with zero attached hydrogens (tertiary/aromatic N) is 3. The highest BCUT2D eigenvalue weighted by Gasteiger charge is 2.53. The summed E-state index contributed by atoms with van der Waals surface area (Å²) in [5.74, 6) is -1.19. The molecular weight excluding hydrogens is 330 g/mol. The van der Waals surface area contributed by atoms with E-state index >= 15 is 0 Å². The predicted octanol–water partition coefficient (Wildman–Crippen LogP) is 1.01. The summed E-state index contributed by atoms with van der Waals surface area (Å²) in [7, 11) is -3.70. The maximum absolute atomic E-state index is 12.8. The summed E-state index contributed by atoms with van der Waals surface area (Å²) < 4.78 is 24.9. The second kappa shape index (κ2) is 6.01. The molecule has 0 saturated carbocycles. The first-order chi connectivity index (χ1) is 11.4. The Bertz CT molecular complexity index is 804. The average molecular weight is 349 g/mol. The monoisotopic (exact) mass is 349 g/mol. The van der Waals surface area contributed by atoms with Gasteiger partial charge in [-0.25, -0.2) is 12.7 Å². The first kappa shape index (κ1) is 16.6. The molecule has 2 aliphatic rings. The van der Waals surface area contributed by atoms with Crippen LogP contribution in [0.25, 0.3) is 0 Å². The van der Waals surface area contributed by atoms with Crippen molar-refractivity contribution in [2.75, 3.05) is 12.8 Å². The molecule has 0 spiro atoms. The Kier molecular flexibility index (Phi) is 4.16. The van der Waals surface area contributed by atoms with Crippen LogP contribution in [-0.2, 0) is 14.8 Å². The van der Waals surface area contributed by atoms with Gasteiger partial charge in [-0.1, -0.05) is 13.3 Å². The third-order valence-electron chi connectivity index (χ3n) is 4.39. The number of fused-ring (bicyclic) bond motifs is 1. The molecule has 1 aromatic rings. The fourth-order valence-electron chi connectivity index (χ4n) is 3.44. The van der Waals surface area contributed by atoms with E-state index in [9.17, 15) is 18.0 Å². The molecule has 7 nitrogen and oxygen atoms in total. The molecule has 128 valence electrons. The van der Waals surface area contributed by atoms with Crippen LogP contribution in [0.5, 0.6) is 0 Å². The number of carbonyl (C=O) groups excluding carboxylic acids is 2. The molecule has 1 saturated heterocycles. The van der Waals surface area contributed by atoms with Gasteiger partial charge < -0.3 is 4.90 Å². The van der Waals surface area contributed by atoms with E-state index in [4.69, 9.17) is 0 Å². The van der Waals surface area contributed by atoms with Crippen molar-refractivity contribution in [1.82, 2.24) is 14.2 Å². The number of hydrogen-bond acceptors (Lipinski definition) is 5. The smallest absolute Gasteiger partial charge is 0.254 e. The molecule has 2 atom stereocenters. The number of carbonyl (C=O) groups is 2. The molecule has 2 amide bonds. The highest BCUT2D eigenvalue weighted by Crippen LogP contribution is 2.40. The molecule has 0 aliphatic carbocycles. The minimum Gasteiger partial charge on any atom is -0.325 e. The van der Waals surface area contributed by atoms with Crippen LogP contribution in [0.15, 0.2) is 36.3 Å². The van der Waals surface area contributed by atoms with Gasteiger partial charge in [0.25, 0.3) is 5.91 Å². The number of pyridine rings is 1. The summed E-state index contributed by atoms with van der Waals surface area (Å²) >= 11 is 0. The SMILES string of the molecule is CCC[C@H]1C(=O)N(S(C)(=O)=O)C2=CCN(C(=O)c3ccncc3)[C@@H]21. The van der Waals surface area contributed by atoms with Gasteiger partial charge in [-0.05, 0) is 24.6 Å². The van der Waals surface area contributed by atoms with Crippen molar-refractivity contribution in [2.45, 2.75) is 25.8 Å². The Balaban J connectivity index is 1.98. The molecule has 24 heavy (non-hydrogen) atoms. The van der Waals surface area contributed by atoms with Gasteiger partial charge in [0.2, 0.25) is 15.9 Å². The topological polar surface area (TPSA) is 87.7 Å². The summed E-state index contributed by atoms with van der Waals surface area (Å²) in [6.45, 7) is 2.23. The van der Waals surface area contributed by atoms with E-state index in [0.717, 1.165) is 17.0 Å². The van der Waals surface area contributed by atoms with Crippen LogP contribution in [0.1, 0.15) is 30.1 Å². The minimum absolute atomic E-state index is 0.224. The van der Waals surface area contributed by atoms with E-state index in [2.05, 4.69) is 4.98 Å². The van der Waals surface area contributed by atoms with Crippen LogP contribution in [0, 0.1) is 5.92 Å². The van der Waals surface area contributed by atoms with Crippen LogP contribution in [0.4, 0.5) is 0 Å². The molecule has 0 unspecified atom stereocenters. The number of sulfonamides is 1. The van der Waals surface area contributed by atoms with Gasteiger partial charge in [0.05, 0.1) is 23.9 Å². The quantitative estimate of drug-likeness (QED) is 0.809. The lowest BCUT2D eigenvalue weighted by atomic mass is 9.95.